The molecule has 0 atom stereocenters. The van der Waals surface area contributed by atoms with Crippen LogP contribution in [0.2, 0.25) is 0 Å². The fourth-order valence-electron chi connectivity index (χ4n) is 0.961. The third-order valence-corrected chi connectivity index (χ3v) is 1.61. The van der Waals surface area contributed by atoms with E-state index in [9.17, 15) is 4.79 Å². The standard InChI is InChI=1S/C12H12O2/c1-2-3-5-10-12(13)14-11-8-6-4-7-9-11/h4,6-9H,5,10H2,1H3. The Balaban J connectivity index is 2.37. The minimum Gasteiger partial charge on any atom is -0.427 e. The molecule has 2 nitrogen and oxygen atoms in total. The summed E-state index contributed by atoms with van der Waals surface area (Å²) < 4.78 is 5.05. The van der Waals surface area contributed by atoms with Crippen LogP contribution in [-0.4, -0.2) is 5.97 Å². The van der Waals surface area contributed by atoms with E-state index in [1.807, 2.05) is 18.2 Å². The first-order chi connectivity index (χ1) is 6.83. The molecule has 0 aliphatic rings. The van der Waals surface area contributed by atoms with Gasteiger partial charge in [0.25, 0.3) is 0 Å². The van der Waals surface area contributed by atoms with Crippen molar-refractivity contribution in [2.45, 2.75) is 19.8 Å². The molecule has 72 valence electrons. The molecular weight excluding hydrogens is 176 g/mol. The van der Waals surface area contributed by atoms with Gasteiger partial charge in [-0.1, -0.05) is 18.2 Å². The van der Waals surface area contributed by atoms with E-state index in [1.165, 1.54) is 0 Å². The van der Waals surface area contributed by atoms with Gasteiger partial charge in [-0.3, -0.25) is 4.79 Å². The molecule has 1 aromatic carbocycles. The van der Waals surface area contributed by atoms with Crippen LogP contribution in [0.3, 0.4) is 0 Å². The van der Waals surface area contributed by atoms with Crippen LogP contribution in [0.5, 0.6) is 5.75 Å². The van der Waals surface area contributed by atoms with E-state index in [1.54, 1.807) is 19.1 Å². The normalized spacial score (nSPS) is 8.64. The summed E-state index contributed by atoms with van der Waals surface area (Å²) >= 11 is 0. The molecule has 0 heterocycles. The molecule has 2 heteroatoms. The minimum atomic E-state index is -0.237. The van der Waals surface area contributed by atoms with Crippen molar-refractivity contribution in [3.8, 4) is 17.6 Å². The number of carbonyl (C=O) groups is 1. The molecule has 1 aromatic rings. The van der Waals surface area contributed by atoms with Crippen LogP contribution in [0.25, 0.3) is 0 Å². The molecule has 0 unspecified atom stereocenters. The molecule has 0 radical (unpaired) electrons. The predicted molar refractivity (Wildman–Crippen MR) is 54.8 cm³/mol. The number of carbonyl (C=O) groups excluding carboxylic acids is 1. The Bertz CT molecular complexity index is 344. The van der Waals surface area contributed by atoms with E-state index < -0.39 is 0 Å². The lowest BCUT2D eigenvalue weighted by atomic mass is 10.3. The molecule has 0 aliphatic heterocycles. The highest BCUT2D eigenvalue weighted by Gasteiger charge is 2.01. The minimum absolute atomic E-state index is 0.237. The Hall–Kier alpha value is -1.75. The van der Waals surface area contributed by atoms with Crippen molar-refractivity contribution in [1.82, 2.24) is 0 Å². The summed E-state index contributed by atoms with van der Waals surface area (Å²) in [7, 11) is 0. The van der Waals surface area contributed by atoms with Gasteiger partial charge >= 0.3 is 5.97 Å². The SMILES string of the molecule is CC#CCCC(=O)Oc1ccccc1. The van der Waals surface area contributed by atoms with Crippen molar-refractivity contribution in [2.24, 2.45) is 0 Å². The van der Waals surface area contributed by atoms with Crippen LogP contribution in [0, 0.1) is 11.8 Å². The summed E-state index contributed by atoms with van der Waals surface area (Å²) in [6, 6.07) is 9.04. The lowest BCUT2D eigenvalue weighted by Crippen LogP contribution is -2.06. The molecule has 0 bridgehead atoms. The van der Waals surface area contributed by atoms with E-state index in [0.29, 0.717) is 18.6 Å². The summed E-state index contributed by atoms with van der Waals surface area (Å²) in [5.74, 6) is 5.89. The molecule has 14 heavy (non-hydrogen) atoms. The van der Waals surface area contributed by atoms with Crippen LogP contribution in [0.4, 0.5) is 0 Å². The van der Waals surface area contributed by atoms with Gasteiger partial charge < -0.3 is 4.74 Å². The first-order valence-electron chi connectivity index (χ1n) is 4.48. The molecule has 0 saturated heterocycles. The smallest absolute Gasteiger partial charge is 0.312 e. The van der Waals surface area contributed by atoms with Crippen LogP contribution < -0.4 is 4.74 Å². The maximum atomic E-state index is 11.2. The largest absolute Gasteiger partial charge is 0.427 e. The number of ether oxygens (including phenoxy) is 1. The number of esters is 1. The predicted octanol–water partition coefficient (Wildman–Crippen LogP) is 2.40. The van der Waals surface area contributed by atoms with Crippen LogP contribution >= 0.6 is 0 Å². The Labute approximate surface area is 83.9 Å². The molecule has 1 rings (SSSR count). The second-order valence-corrected chi connectivity index (χ2v) is 2.71. The third kappa shape index (κ3) is 3.77. The van der Waals surface area contributed by atoms with E-state index in [-0.39, 0.29) is 5.97 Å². The zero-order valence-electron chi connectivity index (χ0n) is 8.12. The van der Waals surface area contributed by atoms with Gasteiger partial charge in [0.15, 0.2) is 0 Å². The quantitative estimate of drug-likeness (QED) is 0.413. The lowest BCUT2D eigenvalue weighted by molar-refractivity contribution is -0.134. The van der Waals surface area contributed by atoms with Crippen LogP contribution in [0.1, 0.15) is 19.8 Å². The van der Waals surface area contributed by atoms with Crippen molar-refractivity contribution >= 4 is 5.97 Å². The highest BCUT2D eigenvalue weighted by atomic mass is 16.5. The van der Waals surface area contributed by atoms with Gasteiger partial charge in [-0.25, -0.2) is 0 Å². The second-order valence-electron chi connectivity index (χ2n) is 2.71. The summed E-state index contributed by atoms with van der Waals surface area (Å²) in [5.41, 5.74) is 0. The van der Waals surface area contributed by atoms with Crippen LogP contribution in [-0.2, 0) is 4.79 Å². The number of benzene rings is 1. The van der Waals surface area contributed by atoms with E-state index in [0.717, 1.165) is 0 Å². The maximum Gasteiger partial charge on any atom is 0.312 e. The zero-order valence-corrected chi connectivity index (χ0v) is 8.12. The summed E-state index contributed by atoms with van der Waals surface area (Å²) in [4.78, 5) is 11.2. The van der Waals surface area contributed by atoms with Gasteiger partial charge in [0.05, 0.1) is 6.42 Å². The van der Waals surface area contributed by atoms with Gasteiger partial charge in [-0.05, 0) is 19.1 Å². The molecule has 0 fully saturated rings. The lowest BCUT2D eigenvalue weighted by Gasteiger charge is -2.01. The summed E-state index contributed by atoms with van der Waals surface area (Å²) in [6.45, 7) is 1.75. The molecule has 0 saturated carbocycles. The van der Waals surface area contributed by atoms with Gasteiger partial charge in [0, 0.05) is 6.42 Å². The number of hydrogen-bond acceptors (Lipinski definition) is 2. The van der Waals surface area contributed by atoms with Crippen LogP contribution in [0.15, 0.2) is 30.3 Å². The topological polar surface area (TPSA) is 26.3 Å². The van der Waals surface area contributed by atoms with Gasteiger partial charge in [-0.2, -0.15) is 0 Å². The molecule has 0 aliphatic carbocycles. The maximum absolute atomic E-state index is 11.2. The highest BCUT2D eigenvalue weighted by molar-refractivity contribution is 5.72. The van der Waals surface area contributed by atoms with Crippen molar-refractivity contribution in [3.05, 3.63) is 30.3 Å². The Morgan fingerprint density at radius 3 is 2.71 bits per heavy atom. The van der Waals surface area contributed by atoms with Crippen molar-refractivity contribution < 1.29 is 9.53 Å². The summed E-state index contributed by atoms with van der Waals surface area (Å²) in [5, 5.41) is 0. The molecule has 0 aromatic heterocycles. The molecule has 0 spiro atoms. The van der Waals surface area contributed by atoms with E-state index >= 15 is 0 Å². The van der Waals surface area contributed by atoms with Crippen molar-refractivity contribution in [1.29, 1.82) is 0 Å². The first-order valence-corrected chi connectivity index (χ1v) is 4.48. The summed E-state index contributed by atoms with van der Waals surface area (Å²) in [6.07, 6.45) is 0.901. The number of hydrogen-bond donors (Lipinski definition) is 0. The highest BCUT2D eigenvalue weighted by Crippen LogP contribution is 2.09. The molecule has 0 amide bonds. The zero-order chi connectivity index (χ0) is 10.2. The molecule has 0 N–H and O–H groups in total. The fraction of sp³-hybridized carbons (Fsp3) is 0.250. The third-order valence-electron chi connectivity index (χ3n) is 1.61. The number of para-hydroxylation sites is 1. The average molecular weight is 188 g/mol. The van der Waals surface area contributed by atoms with E-state index in [4.69, 9.17) is 4.74 Å². The van der Waals surface area contributed by atoms with Gasteiger partial charge in [-0.15, -0.1) is 11.8 Å². The Kier molecular flexibility index (Phi) is 4.30. The van der Waals surface area contributed by atoms with Crippen molar-refractivity contribution in [3.63, 3.8) is 0 Å². The van der Waals surface area contributed by atoms with E-state index in [2.05, 4.69) is 11.8 Å². The molecular formula is C12H12O2. The van der Waals surface area contributed by atoms with Gasteiger partial charge in [0.2, 0.25) is 0 Å². The Morgan fingerprint density at radius 1 is 1.36 bits per heavy atom. The fourth-order valence-corrected chi connectivity index (χ4v) is 0.961. The average Bonchev–Trinajstić information content (AvgIpc) is 2.20. The van der Waals surface area contributed by atoms with Crippen molar-refractivity contribution in [2.75, 3.05) is 0 Å². The Morgan fingerprint density at radius 2 is 2.07 bits per heavy atom. The monoisotopic (exact) mass is 188 g/mol. The number of rotatable bonds is 3. The second kappa shape index (κ2) is 5.82. The van der Waals surface area contributed by atoms with Gasteiger partial charge in [0.1, 0.15) is 5.75 Å². The first kappa shape index (κ1) is 10.3.